The van der Waals surface area contributed by atoms with Gasteiger partial charge >= 0.3 is 12.1 Å². The molecule has 17 heteroatoms. The number of thiazole rings is 1. The number of halogens is 1. The standard InChI is InChI=1S/C41H48ClN7O8S/c1-7-23-17-41(23,37(52)53)48-35(50)29-15-25(18-49(29)36(51)34(40(4,5)6)47-39(54)57-24-13-21-12-22(21)14-24)56-31-16-27(28-19-58-38(46-28)44-20(2)3)45-33-26(31)8-9-30(32(33)42)55-11-10-43/h7-9,16,19-25,29,34H,1,11-15,17-18H2,2-6H3,(H,44,46)(H,47,54)(H,48,50)(H,52,53)/t21-,22+,23-,24+,25-,29?,34-,41-/m1/s1. The van der Waals surface area contributed by atoms with Crippen molar-refractivity contribution in [3.8, 4) is 29.0 Å². The number of ether oxygens (including phenoxy) is 3. The second-order valence-corrected chi connectivity index (χ2v) is 18.3. The Morgan fingerprint density at radius 2 is 1.86 bits per heavy atom. The third-order valence-electron chi connectivity index (χ3n) is 11.3. The fourth-order valence-corrected chi connectivity index (χ4v) is 9.22. The molecule has 3 heterocycles. The van der Waals surface area contributed by atoms with Crippen LogP contribution < -0.4 is 25.4 Å². The van der Waals surface area contributed by atoms with Gasteiger partial charge in [-0.25, -0.2) is 19.6 Å². The van der Waals surface area contributed by atoms with Crippen molar-refractivity contribution in [1.29, 1.82) is 5.26 Å². The SMILES string of the molecule is C=C[C@@H]1C[C@]1(NC(=O)C1C[C@@H](Oc2cc(-c3csc(NC(C)C)n3)nc3c(Cl)c(OCC#N)ccc23)CN1C(=O)[C@@H](NC(=O)O[C@@H]1C[C@@H]2C[C@@H]2C1)C(C)(C)C)C(=O)O. The van der Waals surface area contributed by atoms with Crippen molar-refractivity contribution in [1.82, 2.24) is 25.5 Å². The number of likely N-dealkylation sites (tertiary alicyclic amines) is 1. The maximum atomic E-state index is 14.7. The van der Waals surface area contributed by atoms with E-state index in [1.54, 1.807) is 18.2 Å². The van der Waals surface area contributed by atoms with Crippen LogP contribution in [0.2, 0.25) is 5.02 Å². The van der Waals surface area contributed by atoms with Crippen LogP contribution in [0.15, 0.2) is 36.2 Å². The summed E-state index contributed by atoms with van der Waals surface area (Å²) < 4.78 is 18.0. The number of benzene rings is 1. The summed E-state index contributed by atoms with van der Waals surface area (Å²) in [6.45, 7) is 12.8. The Morgan fingerprint density at radius 3 is 2.50 bits per heavy atom. The van der Waals surface area contributed by atoms with Crippen LogP contribution in [0.25, 0.3) is 22.3 Å². The molecule has 0 radical (unpaired) electrons. The average molecular weight is 834 g/mol. The largest absolute Gasteiger partial charge is 0.488 e. The molecule has 3 aliphatic carbocycles. The lowest BCUT2D eigenvalue weighted by molar-refractivity contribution is -0.146. The van der Waals surface area contributed by atoms with Gasteiger partial charge < -0.3 is 40.2 Å². The van der Waals surface area contributed by atoms with Crippen LogP contribution in [0.3, 0.4) is 0 Å². The van der Waals surface area contributed by atoms with Gasteiger partial charge in [-0.05, 0) is 68.9 Å². The van der Waals surface area contributed by atoms with E-state index < -0.39 is 58.9 Å². The number of nitrogens with one attached hydrogen (secondary N) is 3. The number of aliphatic carboxylic acids is 1. The number of aromatic nitrogens is 2. The minimum Gasteiger partial charge on any atom is -0.488 e. The van der Waals surface area contributed by atoms with E-state index in [1.165, 1.54) is 22.3 Å². The molecule has 2 aromatic heterocycles. The molecule has 4 N–H and O–H groups in total. The number of nitriles is 1. The van der Waals surface area contributed by atoms with Crippen molar-refractivity contribution in [3.63, 3.8) is 0 Å². The summed E-state index contributed by atoms with van der Waals surface area (Å²) in [5, 5.41) is 31.2. The van der Waals surface area contributed by atoms with Gasteiger partial charge in [0.2, 0.25) is 11.8 Å². The Labute approximate surface area is 345 Å². The van der Waals surface area contributed by atoms with E-state index >= 15 is 0 Å². The summed E-state index contributed by atoms with van der Waals surface area (Å²) in [4.78, 5) is 65.4. The zero-order valence-electron chi connectivity index (χ0n) is 33.0. The van der Waals surface area contributed by atoms with E-state index in [-0.39, 0.29) is 48.9 Å². The number of carboxylic acids is 1. The first kappa shape index (κ1) is 41.0. The number of carbonyl (C=O) groups excluding carboxylic acids is 3. The maximum Gasteiger partial charge on any atom is 0.408 e. The predicted octanol–water partition coefficient (Wildman–Crippen LogP) is 6.17. The van der Waals surface area contributed by atoms with Crippen molar-refractivity contribution in [2.45, 2.75) is 103 Å². The van der Waals surface area contributed by atoms with Crippen LogP contribution >= 0.6 is 22.9 Å². The smallest absolute Gasteiger partial charge is 0.408 e. The molecule has 58 heavy (non-hydrogen) atoms. The van der Waals surface area contributed by atoms with Gasteiger partial charge in [-0.3, -0.25) is 9.59 Å². The molecule has 1 aliphatic heterocycles. The second kappa shape index (κ2) is 15.9. The Hall–Kier alpha value is -5.14. The molecular formula is C41H48ClN7O8S. The molecule has 3 aromatic rings. The number of alkyl carbamates (subject to hydrolysis) is 1. The first-order valence-electron chi connectivity index (χ1n) is 19.5. The molecular weight excluding hydrogens is 786 g/mol. The zero-order chi connectivity index (χ0) is 41.7. The van der Waals surface area contributed by atoms with Gasteiger partial charge in [0.15, 0.2) is 11.7 Å². The van der Waals surface area contributed by atoms with E-state index in [9.17, 15) is 24.3 Å². The Morgan fingerprint density at radius 1 is 1.12 bits per heavy atom. The van der Waals surface area contributed by atoms with Crippen LogP contribution in [-0.4, -0.2) is 92.9 Å². The van der Waals surface area contributed by atoms with Crippen LogP contribution in [0, 0.1) is 34.5 Å². The molecule has 3 amide bonds. The van der Waals surface area contributed by atoms with E-state index in [2.05, 4.69) is 22.5 Å². The highest BCUT2D eigenvalue weighted by Crippen LogP contribution is 2.52. The lowest BCUT2D eigenvalue weighted by Gasteiger charge is -2.35. The molecule has 7 rings (SSSR count). The van der Waals surface area contributed by atoms with Crippen LogP contribution in [-0.2, 0) is 19.1 Å². The van der Waals surface area contributed by atoms with Crippen LogP contribution in [0.1, 0.15) is 66.7 Å². The predicted molar refractivity (Wildman–Crippen MR) is 217 cm³/mol. The average Bonchev–Trinajstić information content (AvgIpc) is 3.83. The lowest BCUT2D eigenvalue weighted by Crippen LogP contribution is -2.59. The molecule has 1 saturated heterocycles. The summed E-state index contributed by atoms with van der Waals surface area (Å²) in [6, 6.07) is 4.84. The number of nitrogens with zero attached hydrogens (tertiary/aromatic N) is 4. The topological polar surface area (TPSA) is 205 Å². The van der Waals surface area contributed by atoms with Crippen molar-refractivity contribution < 1.29 is 38.5 Å². The van der Waals surface area contributed by atoms with Gasteiger partial charge in [-0.15, -0.1) is 17.9 Å². The number of carbonyl (C=O) groups is 4. The summed E-state index contributed by atoms with van der Waals surface area (Å²) >= 11 is 8.24. The third kappa shape index (κ3) is 8.38. The fraction of sp³-hybridized carbons (Fsp3) is 0.537. The number of rotatable bonds is 14. The van der Waals surface area contributed by atoms with E-state index in [1.807, 2.05) is 46.1 Å². The van der Waals surface area contributed by atoms with Crippen molar-refractivity contribution >= 4 is 62.8 Å². The maximum absolute atomic E-state index is 14.7. The van der Waals surface area contributed by atoms with Crippen LogP contribution in [0.5, 0.6) is 11.5 Å². The van der Waals surface area contributed by atoms with Gasteiger partial charge in [0.05, 0.1) is 17.8 Å². The van der Waals surface area contributed by atoms with Gasteiger partial charge in [-0.2, -0.15) is 5.26 Å². The number of hydrogen-bond donors (Lipinski definition) is 4. The number of fused-ring (bicyclic) bond motifs is 2. The normalized spacial score (nSPS) is 26.3. The van der Waals surface area contributed by atoms with E-state index in [0.717, 1.165) is 19.3 Å². The molecule has 15 nitrogen and oxygen atoms in total. The van der Waals surface area contributed by atoms with Crippen molar-refractivity contribution in [2.24, 2.45) is 23.2 Å². The summed E-state index contributed by atoms with van der Waals surface area (Å²) in [6.07, 6.45) is 2.72. The molecule has 1 aromatic carbocycles. The number of pyridine rings is 1. The molecule has 4 fully saturated rings. The van der Waals surface area contributed by atoms with Crippen molar-refractivity contribution in [2.75, 3.05) is 18.5 Å². The van der Waals surface area contributed by atoms with E-state index in [4.69, 9.17) is 41.0 Å². The summed E-state index contributed by atoms with van der Waals surface area (Å²) in [5.41, 5.74) is -1.07. The molecule has 4 aliphatic rings. The summed E-state index contributed by atoms with van der Waals surface area (Å²) in [5.74, 6) is -1.14. The van der Waals surface area contributed by atoms with Gasteiger partial charge in [0.25, 0.3) is 0 Å². The van der Waals surface area contributed by atoms with Gasteiger partial charge in [0, 0.05) is 35.2 Å². The number of hydrogen-bond acceptors (Lipinski definition) is 12. The highest BCUT2D eigenvalue weighted by atomic mass is 35.5. The third-order valence-corrected chi connectivity index (χ3v) is 12.5. The van der Waals surface area contributed by atoms with Crippen LogP contribution in [0.4, 0.5) is 9.93 Å². The fourth-order valence-electron chi connectivity index (χ4n) is 8.11. The van der Waals surface area contributed by atoms with E-state index in [0.29, 0.717) is 45.0 Å². The minimum absolute atomic E-state index is 0.00636. The quantitative estimate of drug-likeness (QED) is 0.135. The first-order chi connectivity index (χ1) is 27.5. The molecule has 0 spiro atoms. The van der Waals surface area contributed by atoms with Gasteiger partial charge in [-0.1, -0.05) is 38.4 Å². The highest BCUT2D eigenvalue weighted by Gasteiger charge is 2.61. The number of carboxylic acid groups (broad SMARTS) is 1. The van der Waals surface area contributed by atoms with Crippen molar-refractivity contribution in [3.05, 3.63) is 41.3 Å². The Kier molecular flexibility index (Phi) is 11.2. The Bertz CT molecular complexity index is 2170. The molecule has 8 atom stereocenters. The second-order valence-electron chi connectivity index (χ2n) is 17.1. The monoisotopic (exact) mass is 833 g/mol. The lowest BCUT2D eigenvalue weighted by atomic mass is 9.85. The molecule has 308 valence electrons. The van der Waals surface area contributed by atoms with Gasteiger partial charge in [0.1, 0.15) is 58.1 Å². The zero-order valence-corrected chi connectivity index (χ0v) is 34.6. The molecule has 1 unspecified atom stereocenters. The number of amides is 3. The first-order valence-corrected chi connectivity index (χ1v) is 20.7. The highest BCUT2D eigenvalue weighted by molar-refractivity contribution is 7.14. The molecule has 0 bridgehead atoms. The Balaban J connectivity index is 1.21. The number of anilines is 1. The summed E-state index contributed by atoms with van der Waals surface area (Å²) in [7, 11) is 0. The minimum atomic E-state index is -1.55. The molecule has 3 saturated carbocycles.